The van der Waals surface area contributed by atoms with Gasteiger partial charge in [0.1, 0.15) is 17.1 Å². The third-order valence-corrected chi connectivity index (χ3v) is 3.73. The average molecular weight is 220 g/mol. The molecule has 1 spiro atoms. The number of aliphatic hydroxyl groups excluding tert-OH is 1. The predicted octanol–water partition coefficient (Wildman–Crippen LogP) is 2.43. The quantitative estimate of drug-likeness (QED) is 0.790. The first-order valence-corrected chi connectivity index (χ1v) is 5.77. The fraction of sp³-hybridized carbons (Fsp3) is 0.538. The van der Waals surface area contributed by atoms with Crippen LogP contribution in [0.3, 0.4) is 0 Å². The number of methoxy groups -OCH3 is 1. The van der Waals surface area contributed by atoms with Gasteiger partial charge in [-0.05, 0) is 37.5 Å². The van der Waals surface area contributed by atoms with Gasteiger partial charge in [0.15, 0.2) is 0 Å². The lowest BCUT2D eigenvalue weighted by Gasteiger charge is -2.46. The minimum Gasteiger partial charge on any atom is -0.497 e. The molecule has 0 amide bonds. The summed E-state index contributed by atoms with van der Waals surface area (Å²) in [5, 5.41) is 10.1. The maximum Gasteiger partial charge on any atom is 0.126 e. The van der Waals surface area contributed by atoms with E-state index in [-0.39, 0.29) is 5.60 Å². The fourth-order valence-electron chi connectivity index (χ4n) is 2.62. The molecule has 3 rings (SSSR count). The summed E-state index contributed by atoms with van der Waals surface area (Å²) in [5.74, 6) is 1.59. The molecule has 0 saturated heterocycles. The van der Waals surface area contributed by atoms with Gasteiger partial charge in [0, 0.05) is 12.0 Å². The lowest BCUT2D eigenvalue weighted by Crippen LogP contribution is -2.46. The van der Waals surface area contributed by atoms with Crippen molar-refractivity contribution in [1.82, 2.24) is 0 Å². The van der Waals surface area contributed by atoms with Gasteiger partial charge < -0.3 is 14.6 Å². The normalized spacial score (nSPS) is 25.5. The Bertz CT molecular complexity index is 410. The van der Waals surface area contributed by atoms with Crippen LogP contribution in [0.25, 0.3) is 0 Å². The molecule has 1 atom stereocenters. The van der Waals surface area contributed by atoms with Gasteiger partial charge >= 0.3 is 0 Å². The lowest BCUT2D eigenvalue weighted by molar-refractivity contribution is -0.0664. The van der Waals surface area contributed by atoms with Gasteiger partial charge in [0.2, 0.25) is 0 Å². The van der Waals surface area contributed by atoms with Crippen molar-refractivity contribution in [2.45, 2.75) is 37.4 Å². The van der Waals surface area contributed by atoms with Crippen molar-refractivity contribution in [3.8, 4) is 11.5 Å². The third-order valence-electron chi connectivity index (χ3n) is 3.73. The summed E-state index contributed by atoms with van der Waals surface area (Å²) in [6.07, 6.45) is 3.63. The molecule has 1 aromatic carbocycles. The molecule has 86 valence electrons. The number of hydrogen-bond acceptors (Lipinski definition) is 3. The minimum atomic E-state index is -0.417. The van der Waals surface area contributed by atoms with Gasteiger partial charge in [-0.2, -0.15) is 0 Å². The molecule has 1 N–H and O–H groups in total. The van der Waals surface area contributed by atoms with E-state index in [9.17, 15) is 5.11 Å². The highest BCUT2D eigenvalue weighted by atomic mass is 16.5. The maximum absolute atomic E-state index is 10.1. The van der Waals surface area contributed by atoms with E-state index in [0.29, 0.717) is 6.42 Å². The van der Waals surface area contributed by atoms with E-state index in [2.05, 4.69) is 0 Å². The molecular formula is C13H16O3. The summed E-state index contributed by atoms with van der Waals surface area (Å²) in [7, 11) is 1.63. The van der Waals surface area contributed by atoms with Crippen LogP contribution in [-0.2, 0) is 0 Å². The van der Waals surface area contributed by atoms with E-state index in [1.807, 2.05) is 18.2 Å². The van der Waals surface area contributed by atoms with Crippen LogP contribution >= 0.6 is 0 Å². The number of aliphatic hydroxyl groups is 1. The summed E-state index contributed by atoms with van der Waals surface area (Å²) in [5.41, 5.74) is 0.776. The molecule has 1 heterocycles. The van der Waals surface area contributed by atoms with Gasteiger partial charge in [-0.3, -0.25) is 0 Å². The Kier molecular flexibility index (Phi) is 2.11. The van der Waals surface area contributed by atoms with Crippen molar-refractivity contribution in [2.75, 3.05) is 7.11 Å². The largest absolute Gasteiger partial charge is 0.497 e. The van der Waals surface area contributed by atoms with Gasteiger partial charge in [-0.1, -0.05) is 0 Å². The van der Waals surface area contributed by atoms with Crippen LogP contribution in [0.2, 0.25) is 0 Å². The average Bonchev–Trinajstić information content (AvgIpc) is 2.26. The Hall–Kier alpha value is -1.22. The predicted molar refractivity (Wildman–Crippen MR) is 59.8 cm³/mol. The molecule has 0 aromatic heterocycles. The number of benzene rings is 1. The fourth-order valence-corrected chi connectivity index (χ4v) is 2.62. The van der Waals surface area contributed by atoms with Crippen LogP contribution in [0, 0.1) is 0 Å². The topological polar surface area (TPSA) is 38.7 Å². The molecule has 0 bridgehead atoms. The SMILES string of the molecule is COc1ccc2c(c1)C(O)CC1(CCC1)O2. The lowest BCUT2D eigenvalue weighted by atomic mass is 9.73. The summed E-state index contributed by atoms with van der Waals surface area (Å²) in [4.78, 5) is 0. The Balaban J connectivity index is 1.97. The van der Waals surface area contributed by atoms with Crippen LogP contribution in [0.5, 0.6) is 11.5 Å². The van der Waals surface area contributed by atoms with Crippen LogP contribution in [0.15, 0.2) is 18.2 Å². The van der Waals surface area contributed by atoms with E-state index in [0.717, 1.165) is 29.9 Å². The van der Waals surface area contributed by atoms with Crippen LogP contribution in [0.1, 0.15) is 37.4 Å². The first-order chi connectivity index (χ1) is 7.72. The Morgan fingerprint density at radius 2 is 2.25 bits per heavy atom. The van der Waals surface area contributed by atoms with E-state index >= 15 is 0 Å². The molecule has 2 aliphatic rings. The molecule has 16 heavy (non-hydrogen) atoms. The first kappa shape index (κ1) is 9.97. The highest BCUT2D eigenvalue weighted by Gasteiger charge is 2.45. The zero-order valence-electron chi connectivity index (χ0n) is 9.40. The second-order valence-electron chi connectivity index (χ2n) is 4.76. The number of hydrogen-bond donors (Lipinski definition) is 1. The summed E-state index contributed by atoms with van der Waals surface area (Å²) >= 11 is 0. The monoisotopic (exact) mass is 220 g/mol. The standard InChI is InChI=1S/C13H16O3/c1-15-9-3-4-12-10(7-9)11(14)8-13(16-12)5-2-6-13/h3-4,7,11,14H,2,5-6,8H2,1H3. The summed E-state index contributed by atoms with van der Waals surface area (Å²) in [6.45, 7) is 0. The van der Waals surface area contributed by atoms with Crippen molar-refractivity contribution in [1.29, 1.82) is 0 Å². The molecular weight excluding hydrogens is 204 g/mol. The Morgan fingerprint density at radius 1 is 1.44 bits per heavy atom. The van der Waals surface area contributed by atoms with Crippen LogP contribution in [-0.4, -0.2) is 17.8 Å². The van der Waals surface area contributed by atoms with Gasteiger partial charge in [-0.25, -0.2) is 0 Å². The molecule has 3 nitrogen and oxygen atoms in total. The Labute approximate surface area is 95.0 Å². The molecule has 0 radical (unpaired) electrons. The molecule has 3 heteroatoms. The summed E-state index contributed by atoms with van der Waals surface area (Å²) in [6, 6.07) is 5.64. The molecule has 1 aliphatic carbocycles. The van der Waals surface area contributed by atoms with Crippen molar-refractivity contribution >= 4 is 0 Å². The second-order valence-corrected chi connectivity index (χ2v) is 4.76. The van der Waals surface area contributed by atoms with Crippen molar-refractivity contribution in [3.63, 3.8) is 0 Å². The van der Waals surface area contributed by atoms with E-state index < -0.39 is 6.10 Å². The minimum absolute atomic E-state index is 0.0823. The summed E-state index contributed by atoms with van der Waals surface area (Å²) < 4.78 is 11.2. The van der Waals surface area contributed by atoms with E-state index in [4.69, 9.17) is 9.47 Å². The first-order valence-electron chi connectivity index (χ1n) is 5.77. The number of rotatable bonds is 1. The van der Waals surface area contributed by atoms with Crippen molar-refractivity contribution in [3.05, 3.63) is 23.8 Å². The van der Waals surface area contributed by atoms with Crippen LogP contribution < -0.4 is 9.47 Å². The number of fused-ring (bicyclic) bond motifs is 1. The molecule has 1 unspecified atom stereocenters. The molecule has 1 aliphatic heterocycles. The van der Waals surface area contributed by atoms with Gasteiger partial charge in [0.25, 0.3) is 0 Å². The highest BCUT2D eigenvalue weighted by Crippen LogP contribution is 2.49. The number of ether oxygens (including phenoxy) is 2. The zero-order chi connectivity index (χ0) is 11.2. The molecule has 1 saturated carbocycles. The molecule has 1 fully saturated rings. The zero-order valence-corrected chi connectivity index (χ0v) is 9.40. The highest BCUT2D eigenvalue weighted by molar-refractivity contribution is 5.44. The van der Waals surface area contributed by atoms with Crippen LogP contribution in [0.4, 0.5) is 0 Å². The maximum atomic E-state index is 10.1. The van der Waals surface area contributed by atoms with E-state index in [1.54, 1.807) is 7.11 Å². The Morgan fingerprint density at radius 3 is 2.88 bits per heavy atom. The van der Waals surface area contributed by atoms with Gasteiger partial charge in [0.05, 0.1) is 13.2 Å². The van der Waals surface area contributed by atoms with Gasteiger partial charge in [-0.15, -0.1) is 0 Å². The smallest absolute Gasteiger partial charge is 0.126 e. The second kappa shape index (κ2) is 3.39. The van der Waals surface area contributed by atoms with E-state index in [1.165, 1.54) is 6.42 Å². The van der Waals surface area contributed by atoms with Crippen molar-refractivity contribution in [2.24, 2.45) is 0 Å². The third kappa shape index (κ3) is 1.39. The molecule has 1 aromatic rings. The van der Waals surface area contributed by atoms with Crippen molar-refractivity contribution < 1.29 is 14.6 Å².